The van der Waals surface area contributed by atoms with Crippen molar-refractivity contribution in [2.45, 2.75) is 4.90 Å². The molecule has 2 heterocycles. The van der Waals surface area contributed by atoms with Gasteiger partial charge in [0.2, 0.25) is 10.0 Å². The number of hydrogen-bond donors (Lipinski definition) is 1. The molecule has 1 fully saturated rings. The van der Waals surface area contributed by atoms with E-state index in [-0.39, 0.29) is 0 Å². The largest absolute Gasteiger partial charge is 0.368 e. The number of benzene rings is 2. The first-order valence-electron chi connectivity index (χ1n) is 9.59. The Morgan fingerprint density at radius 3 is 2.52 bits per heavy atom. The van der Waals surface area contributed by atoms with Crippen LogP contribution in [-0.4, -0.2) is 57.6 Å². The van der Waals surface area contributed by atoms with Crippen molar-refractivity contribution in [2.75, 3.05) is 44.2 Å². The average molecular weight is 431 g/mol. The zero-order chi connectivity index (χ0) is 20.3. The second-order valence-electron chi connectivity index (χ2n) is 7.03. The molecule has 1 aliphatic heterocycles. The van der Waals surface area contributed by atoms with Crippen molar-refractivity contribution in [3.63, 3.8) is 0 Å². The molecule has 0 unspecified atom stereocenters. The highest BCUT2D eigenvalue weighted by Crippen LogP contribution is 2.28. The molecule has 0 spiro atoms. The Hall–Kier alpha value is -2.19. The van der Waals surface area contributed by atoms with Crippen LogP contribution in [0.5, 0.6) is 0 Å². The lowest BCUT2D eigenvalue weighted by Gasteiger charge is -2.36. The predicted octanol–water partition coefficient (Wildman–Crippen LogP) is 2.99. The molecule has 0 saturated carbocycles. The molecule has 4 rings (SSSR count). The molecule has 2 aromatic carbocycles. The van der Waals surface area contributed by atoms with Crippen LogP contribution in [0.4, 0.5) is 5.69 Å². The number of aromatic nitrogens is 1. The van der Waals surface area contributed by atoms with Gasteiger partial charge in [0, 0.05) is 61.6 Å². The average Bonchev–Trinajstić information content (AvgIpc) is 2.74. The number of piperazine rings is 1. The van der Waals surface area contributed by atoms with Crippen molar-refractivity contribution >= 4 is 38.2 Å². The number of hydrogen-bond acceptors (Lipinski definition) is 5. The molecule has 152 valence electrons. The Bertz CT molecular complexity index is 1080. The first-order chi connectivity index (χ1) is 14.0. The highest BCUT2D eigenvalue weighted by atomic mass is 35.5. The minimum Gasteiger partial charge on any atom is -0.368 e. The van der Waals surface area contributed by atoms with Crippen molar-refractivity contribution in [1.82, 2.24) is 14.6 Å². The lowest BCUT2D eigenvalue weighted by atomic mass is 10.1. The van der Waals surface area contributed by atoms with Crippen LogP contribution in [0.1, 0.15) is 0 Å². The van der Waals surface area contributed by atoms with Gasteiger partial charge in [-0.05, 0) is 36.4 Å². The second-order valence-corrected chi connectivity index (χ2v) is 9.23. The third kappa shape index (κ3) is 4.70. The summed E-state index contributed by atoms with van der Waals surface area (Å²) < 4.78 is 27.3. The molecule has 0 amide bonds. The lowest BCUT2D eigenvalue weighted by molar-refractivity contribution is 0.262. The minimum absolute atomic E-state index is 0.300. The van der Waals surface area contributed by atoms with E-state index >= 15 is 0 Å². The fraction of sp³-hybridized carbons (Fsp3) is 0.286. The predicted molar refractivity (Wildman–Crippen MR) is 117 cm³/mol. The highest BCUT2D eigenvalue weighted by molar-refractivity contribution is 7.89. The quantitative estimate of drug-likeness (QED) is 0.651. The van der Waals surface area contributed by atoms with Crippen LogP contribution in [0.2, 0.25) is 5.02 Å². The topological polar surface area (TPSA) is 65.5 Å². The van der Waals surface area contributed by atoms with Crippen LogP contribution in [0, 0.1) is 0 Å². The van der Waals surface area contributed by atoms with E-state index in [4.69, 9.17) is 11.6 Å². The smallest absolute Gasteiger partial charge is 0.240 e. The molecule has 6 nitrogen and oxygen atoms in total. The van der Waals surface area contributed by atoms with E-state index in [1.165, 1.54) is 0 Å². The van der Waals surface area contributed by atoms with Gasteiger partial charge in [0.1, 0.15) is 0 Å². The summed E-state index contributed by atoms with van der Waals surface area (Å²) in [6, 6.07) is 16.3. The summed E-state index contributed by atoms with van der Waals surface area (Å²) in [5, 5.41) is 1.78. The maximum Gasteiger partial charge on any atom is 0.240 e. The van der Waals surface area contributed by atoms with Crippen molar-refractivity contribution in [3.8, 4) is 0 Å². The number of anilines is 1. The third-order valence-electron chi connectivity index (χ3n) is 5.17. The van der Waals surface area contributed by atoms with E-state index < -0.39 is 10.0 Å². The summed E-state index contributed by atoms with van der Waals surface area (Å²) in [7, 11) is -3.45. The Balaban J connectivity index is 1.32. The second kappa shape index (κ2) is 8.67. The highest BCUT2D eigenvalue weighted by Gasteiger charge is 2.20. The van der Waals surface area contributed by atoms with Crippen molar-refractivity contribution < 1.29 is 8.42 Å². The standard InChI is InChI=1S/C21H23ClN4O2S/c22-17-6-7-19-20(16-17)23-9-8-21(19)26-14-12-25(13-15-26)11-10-24-29(27,28)18-4-2-1-3-5-18/h1-9,16,24H,10-15H2. The van der Waals surface area contributed by atoms with E-state index in [2.05, 4.69) is 19.5 Å². The summed E-state index contributed by atoms with van der Waals surface area (Å²) in [6.45, 7) is 4.61. The molecule has 1 aromatic heterocycles. The Labute approximate surface area is 176 Å². The summed E-state index contributed by atoms with van der Waals surface area (Å²) in [5.74, 6) is 0. The summed E-state index contributed by atoms with van der Waals surface area (Å²) in [6.07, 6.45) is 1.82. The number of sulfonamides is 1. The summed E-state index contributed by atoms with van der Waals surface area (Å²) in [4.78, 5) is 9.35. The summed E-state index contributed by atoms with van der Waals surface area (Å²) in [5.41, 5.74) is 2.06. The van der Waals surface area contributed by atoms with Crippen LogP contribution >= 0.6 is 11.6 Å². The van der Waals surface area contributed by atoms with Crippen LogP contribution < -0.4 is 9.62 Å². The number of pyridine rings is 1. The monoisotopic (exact) mass is 430 g/mol. The molecule has 0 atom stereocenters. The SMILES string of the molecule is O=S(=O)(NCCN1CCN(c2ccnc3cc(Cl)ccc23)CC1)c1ccccc1. The molecular formula is C21H23ClN4O2S. The molecule has 1 N–H and O–H groups in total. The van der Waals surface area contributed by atoms with Gasteiger partial charge in [-0.3, -0.25) is 9.88 Å². The Morgan fingerprint density at radius 1 is 1.00 bits per heavy atom. The van der Waals surface area contributed by atoms with Gasteiger partial charge < -0.3 is 4.90 Å². The van der Waals surface area contributed by atoms with Gasteiger partial charge >= 0.3 is 0 Å². The maximum atomic E-state index is 12.3. The van der Waals surface area contributed by atoms with Crippen molar-refractivity contribution in [2.24, 2.45) is 0 Å². The van der Waals surface area contributed by atoms with E-state index in [9.17, 15) is 8.42 Å². The number of fused-ring (bicyclic) bond motifs is 1. The van der Waals surface area contributed by atoms with Crippen LogP contribution in [0.25, 0.3) is 10.9 Å². The third-order valence-corrected chi connectivity index (χ3v) is 6.88. The zero-order valence-electron chi connectivity index (χ0n) is 16.0. The van der Waals surface area contributed by atoms with Gasteiger partial charge in [-0.1, -0.05) is 29.8 Å². The molecule has 29 heavy (non-hydrogen) atoms. The molecule has 0 bridgehead atoms. The minimum atomic E-state index is -3.45. The molecule has 8 heteroatoms. The number of halogens is 1. The van der Waals surface area contributed by atoms with E-state index in [0.717, 1.165) is 42.8 Å². The maximum absolute atomic E-state index is 12.3. The number of nitrogens with zero attached hydrogens (tertiary/aromatic N) is 3. The first-order valence-corrected chi connectivity index (χ1v) is 11.5. The van der Waals surface area contributed by atoms with Gasteiger partial charge in [-0.25, -0.2) is 13.1 Å². The van der Waals surface area contributed by atoms with Gasteiger partial charge in [0.15, 0.2) is 0 Å². The van der Waals surface area contributed by atoms with Crippen molar-refractivity contribution in [1.29, 1.82) is 0 Å². The zero-order valence-corrected chi connectivity index (χ0v) is 17.5. The Kier molecular flexibility index (Phi) is 6.01. The van der Waals surface area contributed by atoms with E-state index in [1.54, 1.807) is 30.3 Å². The fourth-order valence-electron chi connectivity index (χ4n) is 3.62. The normalized spacial score (nSPS) is 15.7. The van der Waals surface area contributed by atoms with Gasteiger partial charge in [-0.2, -0.15) is 0 Å². The lowest BCUT2D eigenvalue weighted by Crippen LogP contribution is -2.48. The molecule has 1 aliphatic rings. The molecule has 1 saturated heterocycles. The number of nitrogens with one attached hydrogen (secondary N) is 1. The van der Waals surface area contributed by atoms with E-state index in [1.807, 2.05) is 30.5 Å². The van der Waals surface area contributed by atoms with Crippen LogP contribution in [0.3, 0.4) is 0 Å². The Morgan fingerprint density at radius 2 is 1.76 bits per heavy atom. The van der Waals surface area contributed by atoms with Gasteiger partial charge in [-0.15, -0.1) is 0 Å². The molecule has 0 radical (unpaired) electrons. The summed E-state index contributed by atoms with van der Waals surface area (Å²) >= 11 is 6.09. The van der Waals surface area contributed by atoms with Crippen molar-refractivity contribution in [3.05, 3.63) is 65.8 Å². The van der Waals surface area contributed by atoms with Crippen LogP contribution in [0.15, 0.2) is 65.7 Å². The first kappa shape index (κ1) is 20.1. The molecule has 3 aromatic rings. The molecular weight excluding hydrogens is 408 g/mol. The van der Waals surface area contributed by atoms with Gasteiger partial charge in [0.25, 0.3) is 0 Å². The van der Waals surface area contributed by atoms with Gasteiger partial charge in [0.05, 0.1) is 10.4 Å². The number of rotatable bonds is 6. The van der Waals surface area contributed by atoms with Crippen LogP contribution in [-0.2, 0) is 10.0 Å². The molecule has 0 aliphatic carbocycles. The van der Waals surface area contributed by atoms with E-state index in [0.29, 0.717) is 23.0 Å². The fourth-order valence-corrected chi connectivity index (χ4v) is 4.82.